The minimum atomic E-state index is -0.133. The predicted octanol–water partition coefficient (Wildman–Crippen LogP) is 2.72. The first-order valence-electron chi connectivity index (χ1n) is 7.86. The molecule has 0 spiro atoms. The molecule has 1 aliphatic heterocycles. The fourth-order valence-corrected chi connectivity index (χ4v) is 2.87. The number of pyridine rings is 1. The number of hydrogen-bond acceptors (Lipinski definition) is 4. The maximum Gasteiger partial charge on any atom is 0.257 e. The van der Waals surface area contributed by atoms with Crippen LogP contribution < -0.4 is 10.1 Å². The Bertz CT molecular complexity index is 715. The summed E-state index contributed by atoms with van der Waals surface area (Å²) < 4.78 is 5.56. The number of para-hydroxylation sites is 2. The van der Waals surface area contributed by atoms with Gasteiger partial charge in [0, 0.05) is 25.5 Å². The number of benzene rings is 1. The van der Waals surface area contributed by atoms with Gasteiger partial charge in [0.25, 0.3) is 5.91 Å². The van der Waals surface area contributed by atoms with Crippen molar-refractivity contribution < 1.29 is 9.53 Å². The topological polar surface area (TPSA) is 54.5 Å². The van der Waals surface area contributed by atoms with Gasteiger partial charge in [0.15, 0.2) is 0 Å². The van der Waals surface area contributed by atoms with E-state index in [0.29, 0.717) is 23.6 Å². The number of likely N-dealkylation sites (N-methyl/N-ethyl adjacent to an activating group) is 1. The summed E-state index contributed by atoms with van der Waals surface area (Å²) in [4.78, 5) is 19.2. The summed E-state index contributed by atoms with van der Waals surface area (Å²) in [7, 11) is 2.08. The molecule has 5 heteroatoms. The molecule has 2 heterocycles. The zero-order valence-corrected chi connectivity index (χ0v) is 13.5. The molecule has 5 nitrogen and oxygen atoms in total. The highest BCUT2D eigenvalue weighted by molar-refractivity contribution is 6.06. The van der Waals surface area contributed by atoms with Crippen LogP contribution in [0.4, 0.5) is 5.69 Å². The first-order valence-corrected chi connectivity index (χ1v) is 7.86. The van der Waals surface area contributed by atoms with E-state index >= 15 is 0 Å². The zero-order valence-electron chi connectivity index (χ0n) is 13.5. The van der Waals surface area contributed by atoms with Gasteiger partial charge in [-0.25, -0.2) is 0 Å². The molecule has 1 amide bonds. The number of fused-ring (bicyclic) bond motifs is 1. The van der Waals surface area contributed by atoms with Crippen molar-refractivity contribution in [2.24, 2.45) is 0 Å². The average molecular weight is 311 g/mol. The standard InChI is InChI=1S/C18H21N3O2/c1-3-23-17-7-5-4-6-16(17)20-18(22)15-11-19-10-13-12-21(2)9-8-14(13)15/h4-7,10-11H,3,8-9,12H2,1-2H3,(H,20,22). The van der Waals surface area contributed by atoms with Gasteiger partial charge in [-0.3, -0.25) is 9.78 Å². The molecule has 3 rings (SSSR count). The fraction of sp³-hybridized carbons (Fsp3) is 0.333. The van der Waals surface area contributed by atoms with Gasteiger partial charge in [0.1, 0.15) is 5.75 Å². The van der Waals surface area contributed by atoms with E-state index in [4.69, 9.17) is 4.74 Å². The second-order valence-electron chi connectivity index (χ2n) is 5.70. The molecular formula is C18H21N3O2. The van der Waals surface area contributed by atoms with Gasteiger partial charge in [0.2, 0.25) is 0 Å². The van der Waals surface area contributed by atoms with E-state index in [0.717, 1.165) is 30.6 Å². The first-order chi connectivity index (χ1) is 11.2. The Labute approximate surface area is 136 Å². The molecule has 1 aliphatic rings. The van der Waals surface area contributed by atoms with Crippen LogP contribution in [0, 0.1) is 0 Å². The number of nitrogens with one attached hydrogen (secondary N) is 1. The number of anilines is 1. The molecule has 0 unspecified atom stereocenters. The largest absolute Gasteiger partial charge is 0.492 e. The van der Waals surface area contributed by atoms with Crippen LogP contribution in [0.5, 0.6) is 5.75 Å². The molecule has 0 radical (unpaired) electrons. The van der Waals surface area contributed by atoms with Crippen LogP contribution in [0.15, 0.2) is 36.7 Å². The van der Waals surface area contributed by atoms with E-state index in [1.807, 2.05) is 37.4 Å². The highest BCUT2D eigenvalue weighted by Gasteiger charge is 2.21. The van der Waals surface area contributed by atoms with Crippen molar-refractivity contribution >= 4 is 11.6 Å². The number of carbonyl (C=O) groups is 1. The summed E-state index contributed by atoms with van der Waals surface area (Å²) in [6, 6.07) is 7.47. The minimum Gasteiger partial charge on any atom is -0.492 e. The van der Waals surface area contributed by atoms with Gasteiger partial charge >= 0.3 is 0 Å². The third kappa shape index (κ3) is 3.35. The van der Waals surface area contributed by atoms with Crippen molar-refractivity contribution in [2.45, 2.75) is 19.9 Å². The number of hydrogen-bond donors (Lipinski definition) is 1. The van der Waals surface area contributed by atoms with E-state index in [9.17, 15) is 4.79 Å². The highest BCUT2D eigenvalue weighted by Crippen LogP contribution is 2.26. The number of ether oxygens (including phenoxy) is 1. The number of aromatic nitrogens is 1. The third-order valence-electron chi connectivity index (χ3n) is 4.01. The summed E-state index contributed by atoms with van der Waals surface area (Å²) in [5.41, 5.74) is 3.57. The normalized spacial score (nSPS) is 14.2. The Hall–Kier alpha value is -2.40. The molecular weight excluding hydrogens is 290 g/mol. The van der Waals surface area contributed by atoms with Crippen molar-refractivity contribution in [3.63, 3.8) is 0 Å². The molecule has 0 saturated carbocycles. The smallest absolute Gasteiger partial charge is 0.257 e. The second kappa shape index (κ2) is 6.79. The van der Waals surface area contributed by atoms with E-state index in [-0.39, 0.29) is 5.91 Å². The molecule has 1 aromatic heterocycles. The first kappa shape index (κ1) is 15.5. The minimum absolute atomic E-state index is 0.133. The van der Waals surface area contributed by atoms with Gasteiger partial charge in [-0.15, -0.1) is 0 Å². The molecule has 1 aromatic carbocycles. The van der Waals surface area contributed by atoms with Crippen molar-refractivity contribution in [1.29, 1.82) is 0 Å². The van der Waals surface area contributed by atoms with E-state index in [1.165, 1.54) is 0 Å². The molecule has 120 valence electrons. The van der Waals surface area contributed by atoms with Crippen molar-refractivity contribution in [1.82, 2.24) is 9.88 Å². The summed E-state index contributed by atoms with van der Waals surface area (Å²) >= 11 is 0. The second-order valence-corrected chi connectivity index (χ2v) is 5.70. The van der Waals surface area contributed by atoms with E-state index in [2.05, 4.69) is 22.2 Å². The Balaban J connectivity index is 1.86. The summed E-state index contributed by atoms with van der Waals surface area (Å²) in [5.74, 6) is 0.548. The number of rotatable bonds is 4. The van der Waals surface area contributed by atoms with Crippen molar-refractivity contribution in [2.75, 3.05) is 25.5 Å². The van der Waals surface area contributed by atoms with Crippen LogP contribution in [0.25, 0.3) is 0 Å². The van der Waals surface area contributed by atoms with E-state index < -0.39 is 0 Å². The summed E-state index contributed by atoms with van der Waals surface area (Å²) in [6.07, 6.45) is 4.38. The maximum atomic E-state index is 12.7. The Morgan fingerprint density at radius 3 is 3.00 bits per heavy atom. The van der Waals surface area contributed by atoms with Gasteiger partial charge in [-0.2, -0.15) is 0 Å². The lowest BCUT2D eigenvalue weighted by Gasteiger charge is -2.26. The number of nitrogens with zero attached hydrogens (tertiary/aromatic N) is 2. The van der Waals surface area contributed by atoms with Gasteiger partial charge in [-0.05, 0) is 43.7 Å². The van der Waals surface area contributed by atoms with Crippen LogP contribution in [-0.4, -0.2) is 36.0 Å². The molecule has 0 saturated heterocycles. The monoisotopic (exact) mass is 311 g/mol. The lowest BCUT2D eigenvalue weighted by molar-refractivity contribution is 0.102. The lowest BCUT2D eigenvalue weighted by Crippen LogP contribution is -2.29. The molecule has 1 N–H and O–H groups in total. The Kier molecular flexibility index (Phi) is 4.57. The van der Waals surface area contributed by atoms with Gasteiger partial charge < -0.3 is 15.0 Å². The molecule has 0 fully saturated rings. The SMILES string of the molecule is CCOc1ccccc1NC(=O)c1cncc2c1CCN(C)C2. The van der Waals surface area contributed by atoms with E-state index in [1.54, 1.807) is 6.20 Å². The fourth-order valence-electron chi connectivity index (χ4n) is 2.87. The molecule has 0 aliphatic carbocycles. The quantitative estimate of drug-likeness (QED) is 0.943. The molecule has 2 aromatic rings. The van der Waals surface area contributed by atoms with Crippen molar-refractivity contribution in [3.8, 4) is 5.75 Å². The summed E-state index contributed by atoms with van der Waals surface area (Å²) in [6.45, 7) is 4.26. The van der Waals surface area contributed by atoms with Crippen LogP contribution in [0.1, 0.15) is 28.4 Å². The van der Waals surface area contributed by atoms with Crippen LogP contribution >= 0.6 is 0 Å². The number of amides is 1. The van der Waals surface area contributed by atoms with Gasteiger partial charge in [-0.1, -0.05) is 12.1 Å². The third-order valence-corrected chi connectivity index (χ3v) is 4.01. The molecule has 0 bridgehead atoms. The van der Waals surface area contributed by atoms with Crippen LogP contribution in [-0.2, 0) is 13.0 Å². The highest BCUT2D eigenvalue weighted by atomic mass is 16.5. The number of carbonyl (C=O) groups excluding carboxylic acids is 1. The maximum absolute atomic E-state index is 12.7. The lowest BCUT2D eigenvalue weighted by atomic mass is 9.97. The van der Waals surface area contributed by atoms with Crippen LogP contribution in [0.3, 0.4) is 0 Å². The Morgan fingerprint density at radius 1 is 1.35 bits per heavy atom. The molecule has 0 atom stereocenters. The van der Waals surface area contributed by atoms with Crippen molar-refractivity contribution in [3.05, 3.63) is 53.3 Å². The van der Waals surface area contributed by atoms with Crippen LogP contribution in [0.2, 0.25) is 0 Å². The average Bonchev–Trinajstić information content (AvgIpc) is 2.56. The van der Waals surface area contributed by atoms with Gasteiger partial charge in [0.05, 0.1) is 17.9 Å². The summed E-state index contributed by atoms with van der Waals surface area (Å²) in [5, 5.41) is 2.96. The Morgan fingerprint density at radius 2 is 2.17 bits per heavy atom. The predicted molar refractivity (Wildman–Crippen MR) is 89.8 cm³/mol. The zero-order chi connectivity index (χ0) is 16.2. The molecule has 23 heavy (non-hydrogen) atoms.